The Morgan fingerprint density at radius 1 is 1.25 bits per heavy atom. The van der Waals surface area contributed by atoms with Gasteiger partial charge in [0.2, 0.25) is 5.91 Å². The Hall–Kier alpha value is -1.49. The molecule has 0 spiro atoms. The Balaban J connectivity index is 2.23. The van der Waals surface area contributed by atoms with E-state index >= 15 is 0 Å². The Kier molecular flexibility index (Phi) is 7.15. The Labute approximate surface area is 124 Å². The lowest BCUT2D eigenvalue weighted by molar-refractivity contribution is -0.117. The molecular weight excluding hydrogens is 272 g/mol. The predicted octanol–water partition coefficient (Wildman–Crippen LogP) is 2.71. The van der Waals surface area contributed by atoms with Crippen LogP contribution in [-0.2, 0) is 10.5 Å². The molecule has 20 heavy (non-hydrogen) atoms. The number of amides is 3. The summed E-state index contributed by atoms with van der Waals surface area (Å²) in [6.45, 7) is 6.62. The van der Waals surface area contributed by atoms with Crippen LogP contribution in [0.3, 0.4) is 0 Å². The van der Waals surface area contributed by atoms with Gasteiger partial charge in [-0.3, -0.25) is 10.1 Å². The summed E-state index contributed by atoms with van der Waals surface area (Å²) < 4.78 is 0. The van der Waals surface area contributed by atoms with Crippen LogP contribution >= 0.6 is 11.8 Å². The normalized spacial score (nSPS) is 10.4. The maximum Gasteiger partial charge on any atom is 0.321 e. The third-order valence-corrected chi connectivity index (χ3v) is 3.66. The second-order valence-electron chi connectivity index (χ2n) is 5.07. The monoisotopic (exact) mass is 294 g/mol. The summed E-state index contributed by atoms with van der Waals surface area (Å²) in [5, 5.41) is 4.98. The Morgan fingerprint density at radius 3 is 2.60 bits per heavy atom. The number of thioether (sulfide) groups is 1. The number of imide groups is 1. The van der Waals surface area contributed by atoms with Crippen molar-refractivity contribution in [2.24, 2.45) is 5.92 Å². The van der Waals surface area contributed by atoms with Gasteiger partial charge in [-0.25, -0.2) is 4.79 Å². The molecule has 0 atom stereocenters. The third-order valence-electron chi connectivity index (χ3n) is 2.68. The van der Waals surface area contributed by atoms with Gasteiger partial charge in [0.1, 0.15) is 0 Å². The van der Waals surface area contributed by atoms with Crippen LogP contribution in [0.15, 0.2) is 24.3 Å². The average molecular weight is 294 g/mol. The zero-order chi connectivity index (χ0) is 15.0. The number of urea groups is 1. The van der Waals surface area contributed by atoms with Gasteiger partial charge in [0, 0.05) is 12.3 Å². The fourth-order valence-electron chi connectivity index (χ4n) is 1.53. The van der Waals surface area contributed by atoms with Crippen LogP contribution in [0.5, 0.6) is 0 Å². The minimum absolute atomic E-state index is 0.259. The van der Waals surface area contributed by atoms with E-state index in [9.17, 15) is 9.59 Å². The van der Waals surface area contributed by atoms with Crippen molar-refractivity contribution in [2.75, 3.05) is 12.3 Å². The molecule has 0 aromatic heterocycles. The van der Waals surface area contributed by atoms with Gasteiger partial charge >= 0.3 is 6.03 Å². The summed E-state index contributed by atoms with van der Waals surface area (Å²) in [6.07, 6.45) is 0. The van der Waals surface area contributed by atoms with E-state index < -0.39 is 6.03 Å². The molecule has 1 aromatic rings. The summed E-state index contributed by atoms with van der Waals surface area (Å²) in [4.78, 5) is 23.0. The average Bonchev–Trinajstić information content (AvgIpc) is 2.38. The first-order valence-corrected chi connectivity index (χ1v) is 7.84. The summed E-state index contributed by atoms with van der Waals surface area (Å²) in [6, 6.07) is 7.67. The van der Waals surface area contributed by atoms with Crippen molar-refractivity contribution in [3.05, 3.63) is 35.4 Å². The lowest BCUT2D eigenvalue weighted by atomic mass is 10.1. The highest BCUT2D eigenvalue weighted by Gasteiger charge is 2.08. The maximum absolute atomic E-state index is 11.6. The molecule has 3 amide bonds. The number of carbonyl (C=O) groups excluding carboxylic acids is 2. The molecule has 0 saturated carbocycles. The molecule has 1 rings (SSSR count). The van der Waals surface area contributed by atoms with E-state index in [1.807, 2.05) is 26.0 Å². The van der Waals surface area contributed by atoms with Crippen molar-refractivity contribution in [3.8, 4) is 0 Å². The molecule has 110 valence electrons. The fraction of sp³-hybridized carbons (Fsp3) is 0.467. The second-order valence-corrected chi connectivity index (χ2v) is 6.06. The van der Waals surface area contributed by atoms with Crippen LogP contribution in [0.2, 0.25) is 0 Å². The Bertz CT molecular complexity index is 461. The first kappa shape index (κ1) is 16.6. The van der Waals surface area contributed by atoms with Gasteiger partial charge < -0.3 is 5.32 Å². The summed E-state index contributed by atoms with van der Waals surface area (Å²) in [7, 11) is 0. The minimum Gasteiger partial charge on any atom is -0.338 e. The molecule has 1 aromatic carbocycles. The van der Waals surface area contributed by atoms with E-state index in [-0.39, 0.29) is 11.7 Å². The highest BCUT2D eigenvalue weighted by atomic mass is 32.2. The lowest BCUT2D eigenvalue weighted by Crippen LogP contribution is -2.41. The van der Waals surface area contributed by atoms with Gasteiger partial charge in [-0.2, -0.15) is 0 Å². The van der Waals surface area contributed by atoms with Gasteiger partial charge in [0.15, 0.2) is 0 Å². The smallest absolute Gasteiger partial charge is 0.321 e. The lowest BCUT2D eigenvalue weighted by Gasteiger charge is -2.09. The second kappa shape index (κ2) is 8.64. The van der Waals surface area contributed by atoms with E-state index in [4.69, 9.17) is 0 Å². The first-order chi connectivity index (χ1) is 9.49. The first-order valence-electron chi connectivity index (χ1n) is 6.69. The van der Waals surface area contributed by atoms with E-state index in [2.05, 4.69) is 29.7 Å². The molecule has 5 heteroatoms. The molecule has 0 aliphatic carbocycles. The summed E-state index contributed by atoms with van der Waals surface area (Å²) >= 11 is 1.50. The summed E-state index contributed by atoms with van der Waals surface area (Å²) in [5.74, 6) is 1.16. The van der Waals surface area contributed by atoms with Crippen molar-refractivity contribution < 1.29 is 9.59 Å². The third kappa shape index (κ3) is 6.61. The molecule has 0 aliphatic heterocycles. The van der Waals surface area contributed by atoms with Gasteiger partial charge in [0.25, 0.3) is 0 Å². The van der Waals surface area contributed by atoms with Gasteiger partial charge in [-0.05, 0) is 24.0 Å². The van der Waals surface area contributed by atoms with Crippen LogP contribution in [0.25, 0.3) is 0 Å². The maximum atomic E-state index is 11.6. The van der Waals surface area contributed by atoms with Crippen LogP contribution in [0, 0.1) is 12.8 Å². The van der Waals surface area contributed by atoms with Crippen LogP contribution in [0.4, 0.5) is 4.79 Å². The minimum atomic E-state index is -0.416. The number of benzene rings is 1. The number of hydrogen-bond acceptors (Lipinski definition) is 3. The molecule has 0 unspecified atom stereocenters. The van der Waals surface area contributed by atoms with Gasteiger partial charge in [0.05, 0.1) is 5.75 Å². The SMILES string of the molecule is Cc1ccccc1CSCC(=O)NC(=O)NCC(C)C. The molecule has 0 radical (unpaired) electrons. The molecule has 0 heterocycles. The molecule has 0 fully saturated rings. The van der Waals surface area contributed by atoms with Crippen molar-refractivity contribution in [3.63, 3.8) is 0 Å². The number of hydrogen-bond donors (Lipinski definition) is 2. The predicted molar refractivity (Wildman–Crippen MR) is 83.7 cm³/mol. The van der Waals surface area contributed by atoms with Crippen molar-refractivity contribution in [2.45, 2.75) is 26.5 Å². The Morgan fingerprint density at radius 2 is 1.95 bits per heavy atom. The molecule has 0 bridgehead atoms. The van der Waals surface area contributed by atoms with Crippen molar-refractivity contribution >= 4 is 23.7 Å². The standard InChI is InChI=1S/C15H22N2O2S/c1-11(2)8-16-15(19)17-14(18)10-20-9-13-7-5-4-6-12(13)3/h4-7,11H,8-10H2,1-3H3,(H2,16,17,18,19). The molecule has 2 N–H and O–H groups in total. The van der Waals surface area contributed by atoms with Crippen LogP contribution in [0.1, 0.15) is 25.0 Å². The van der Waals surface area contributed by atoms with Crippen LogP contribution < -0.4 is 10.6 Å². The summed E-state index contributed by atoms with van der Waals surface area (Å²) in [5.41, 5.74) is 2.43. The van der Waals surface area contributed by atoms with Gasteiger partial charge in [-0.15, -0.1) is 11.8 Å². The fourth-order valence-corrected chi connectivity index (χ4v) is 2.43. The van der Waals surface area contributed by atoms with Crippen molar-refractivity contribution in [1.82, 2.24) is 10.6 Å². The number of rotatable bonds is 6. The quantitative estimate of drug-likeness (QED) is 0.848. The zero-order valence-corrected chi connectivity index (χ0v) is 13.0. The largest absolute Gasteiger partial charge is 0.338 e. The van der Waals surface area contributed by atoms with E-state index in [0.29, 0.717) is 12.5 Å². The van der Waals surface area contributed by atoms with Crippen LogP contribution in [-0.4, -0.2) is 24.2 Å². The number of nitrogens with one attached hydrogen (secondary N) is 2. The van der Waals surface area contributed by atoms with Gasteiger partial charge in [-0.1, -0.05) is 38.1 Å². The zero-order valence-electron chi connectivity index (χ0n) is 12.2. The van der Waals surface area contributed by atoms with E-state index in [1.54, 1.807) is 0 Å². The highest BCUT2D eigenvalue weighted by molar-refractivity contribution is 7.99. The molecule has 4 nitrogen and oxygen atoms in total. The number of carbonyl (C=O) groups is 2. The molecule has 0 saturated heterocycles. The number of aryl methyl sites for hydroxylation is 1. The molecule has 0 aliphatic rings. The topological polar surface area (TPSA) is 58.2 Å². The highest BCUT2D eigenvalue weighted by Crippen LogP contribution is 2.15. The van der Waals surface area contributed by atoms with E-state index in [0.717, 1.165) is 5.75 Å². The molecular formula is C15H22N2O2S. The van der Waals surface area contributed by atoms with E-state index in [1.165, 1.54) is 22.9 Å². The van der Waals surface area contributed by atoms with Crippen molar-refractivity contribution in [1.29, 1.82) is 0 Å².